The first-order valence-corrected chi connectivity index (χ1v) is 5.35. The molecule has 0 saturated heterocycles. The number of aliphatic carboxylic acids is 2. The van der Waals surface area contributed by atoms with E-state index in [0.29, 0.717) is 6.41 Å². The molecule has 0 heterocycles. The van der Waals surface area contributed by atoms with Gasteiger partial charge < -0.3 is 25.0 Å². The van der Waals surface area contributed by atoms with Gasteiger partial charge in [0.15, 0.2) is 0 Å². The van der Waals surface area contributed by atoms with Gasteiger partial charge in [0.25, 0.3) is 0 Å². The van der Waals surface area contributed by atoms with E-state index in [-0.39, 0.29) is 39.3 Å². The number of carboxylic acids is 2. The lowest BCUT2D eigenvalue weighted by molar-refractivity contribution is -0.139. The number of amides is 1. The number of hydrogen-bond acceptors (Lipinski definition) is 5. The van der Waals surface area contributed by atoms with Crippen LogP contribution in [0.3, 0.4) is 0 Å². The van der Waals surface area contributed by atoms with Crippen molar-refractivity contribution in [3.05, 3.63) is 0 Å². The van der Waals surface area contributed by atoms with Crippen LogP contribution in [0.4, 0.5) is 0 Å². The summed E-state index contributed by atoms with van der Waals surface area (Å²) in [6.07, 6.45) is 0.243. The van der Waals surface area contributed by atoms with Crippen LogP contribution < -0.4 is 5.32 Å². The molecule has 0 aliphatic carbocycles. The summed E-state index contributed by atoms with van der Waals surface area (Å²) in [6, 6.07) is -0.426. The first kappa shape index (κ1) is 16.3. The molecule has 0 bridgehead atoms. The van der Waals surface area contributed by atoms with E-state index in [1.165, 1.54) is 0 Å². The molecule has 3 N–H and O–H groups in total. The maximum Gasteiger partial charge on any atom is 0.305 e. The topological polar surface area (TPSA) is 122 Å². The van der Waals surface area contributed by atoms with Gasteiger partial charge >= 0.3 is 11.9 Å². The quantitative estimate of drug-likeness (QED) is 0.307. The summed E-state index contributed by atoms with van der Waals surface area (Å²) < 4.78 is 10.1. The van der Waals surface area contributed by atoms with Crippen molar-refractivity contribution in [3.8, 4) is 0 Å². The van der Waals surface area contributed by atoms with Gasteiger partial charge in [0.2, 0.25) is 6.41 Å². The first-order chi connectivity index (χ1) is 8.56. The fourth-order valence-corrected chi connectivity index (χ4v) is 1.01. The number of carbonyl (C=O) groups excluding carboxylic acids is 1. The van der Waals surface area contributed by atoms with E-state index in [1.54, 1.807) is 0 Å². The number of hydrogen-bond donors (Lipinski definition) is 3. The van der Waals surface area contributed by atoms with Gasteiger partial charge in [0.05, 0.1) is 45.3 Å². The molecule has 0 fully saturated rings. The van der Waals surface area contributed by atoms with Crippen molar-refractivity contribution in [2.24, 2.45) is 0 Å². The summed E-state index contributed by atoms with van der Waals surface area (Å²) in [7, 11) is 0. The van der Waals surface area contributed by atoms with Gasteiger partial charge in [-0.1, -0.05) is 0 Å². The van der Waals surface area contributed by atoms with Crippen molar-refractivity contribution in [1.29, 1.82) is 0 Å². The second-order valence-electron chi connectivity index (χ2n) is 3.42. The van der Waals surface area contributed by atoms with E-state index in [9.17, 15) is 14.4 Å². The zero-order chi connectivity index (χ0) is 13.8. The molecule has 0 atom stereocenters. The Morgan fingerprint density at radius 2 is 1.50 bits per heavy atom. The third kappa shape index (κ3) is 10.8. The Morgan fingerprint density at radius 1 is 1.06 bits per heavy atom. The highest BCUT2D eigenvalue weighted by Crippen LogP contribution is 1.92. The molecule has 0 aromatic heterocycles. The molecule has 0 radical (unpaired) electrons. The zero-order valence-electron chi connectivity index (χ0n) is 9.83. The lowest BCUT2D eigenvalue weighted by Gasteiger charge is -2.15. The molecule has 0 rings (SSSR count). The molecule has 18 heavy (non-hydrogen) atoms. The molecule has 0 spiro atoms. The van der Waals surface area contributed by atoms with Gasteiger partial charge in [-0.3, -0.25) is 14.4 Å². The van der Waals surface area contributed by atoms with Gasteiger partial charge in [0.1, 0.15) is 0 Å². The Balaban J connectivity index is 3.67. The first-order valence-electron chi connectivity index (χ1n) is 5.35. The summed E-state index contributed by atoms with van der Waals surface area (Å²) in [6.45, 7) is 0.307. The van der Waals surface area contributed by atoms with Gasteiger partial charge in [-0.25, -0.2) is 0 Å². The predicted octanol–water partition coefficient (Wildman–Crippen LogP) is -0.916. The molecular weight excluding hydrogens is 246 g/mol. The maximum atomic E-state index is 10.3. The van der Waals surface area contributed by atoms with Crippen LogP contribution >= 0.6 is 0 Å². The van der Waals surface area contributed by atoms with Crippen LogP contribution in [-0.4, -0.2) is 61.0 Å². The average molecular weight is 263 g/mol. The van der Waals surface area contributed by atoms with Gasteiger partial charge in [-0.2, -0.15) is 0 Å². The molecule has 0 aromatic rings. The fourth-order valence-electron chi connectivity index (χ4n) is 1.01. The molecular formula is C10H17NO7. The summed E-state index contributed by atoms with van der Waals surface area (Å²) in [5.74, 6) is -1.93. The Morgan fingerprint density at radius 3 is 1.83 bits per heavy atom. The second-order valence-corrected chi connectivity index (χ2v) is 3.42. The molecule has 8 heteroatoms. The lowest BCUT2D eigenvalue weighted by Crippen LogP contribution is -2.37. The van der Waals surface area contributed by atoms with Crippen molar-refractivity contribution in [2.75, 3.05) is 26.4 Å². The third-order valence-corrected chi connectivity index (χ3v) is 1.86. The highest BCUT2D eigenvalue weighted by molar-refractivity contribution is 5.67. The minimum Gasteiger partial charge on any atom is -0.481 e. The monoisotopic (exact) mass is 263 g/mol. The number of rotatable bonds is 12. The lowest BCUT2D eigenvalue weighted by atomic mass is 10.3. The normalized spacial score (nSPS) is 10.3. The predicted molar refractivity (Wildman–Crippen MR) is 59.1 cm³/mol. The van der Waals surface area contributed by atoms with Crippen LogP contribution in [0.5, 0.6) is 0 Å². The highest BCUT2D eigenvalue weighted by Gasteiger charge is 2.09. The smallest absolute Gasteiger partial charge is 0.305 e. The molecule has 0 saturated carbocycles. The van der Waals surface area contributed by atoms with E-state index in [4.69, 9.17) is 19.7 Å². The number of ether oxygens (including phenoxy) is 2. The second kappa shape index (κ2) is 10.5. The van der Waals surface area contributed by atoms with E-state index < -0.39 is 18.0 Å². The van der Waals surface area contributed by atoms with Crippen LogP contribution in [0.15, 0.2) is 0 Å². The van der Waals surface area contributed by atoms with Crippen molar-refractivity contribution in [2.45, 2.75) is 18.9 Å². The Labute approximate surface area is 104 Å². The Hall–Kier alpha value is -1.67. The third-order valence-electron chi connectivity index (χ3n) is 1.86. The van der Waals surface area contributed by atoms with Gasteiger partial charge in [0, 0.05) is 0 Å². The standard InChI is InChI=1S/C10H17NO7/c12-7-11-8(5-17-3-1-9(13)14)6-18-4-2-10(15)16/h7-8H,1-6H2,(H,11,12)(H,13,14)(H,15,16). The summed E-state index contributed by atoms with van der Waals surface area (Å²) in [5, 5.41) is 19.2. The van der Waals surface area contributed by atoms with Crippen molar-refractivity contribution < 1.29 is 34.1 Å². The van der Waals surface area contributed by atoms with Crippen molar-refractivity contribution >= 4 is 18.3 Å². The van der Waals surface area contributed by atoms with Crippen LogP contribution in [-0.2, 0) is 23.9 Å². The van der Waals surface area contributed by atoms with Crippen LogP contribution in [0, 0.1) is 0 Å². The van der Waals surface area contributed by atoms with Crippen LogP contribution in [0.25, 0.3) is 0 Å². The fraction of sp³-hybridized carbons (Fsp3) is 0.700. The number of carboxylic acid groups (broad SMARTS) is 2. The van der Waals surface area contributed by atoms with E-state index in [0.717, 1.165) is 0 Å². The summed E-state index contributed by atoms with van der Waals surface area (Å²) in [4.78, 5) is 30.7. The average Bonchev–Trinajstić information content (AvgIpc) is 2.29. The highest BCUT2D eigenvalue weighted by atomic mass is 16.5. The number of nitrogens with one attached hydrogen (secondary N) is 1. The summed E-state index contributed by atoms with van der Waals surface area (Å²) >= 11 is 0. The van der Waals surface area contributed by atoms with Crippen LogP contribution in [0.2, 0.25) is 0 Å². The van der Waals surface area contributed by atoms with Crippen LogP contribution in [0.1, 0.15) is 12.8 Å². The van der Waals surface area contributed by atoms with Gasteiger partial charge in [-0.05, 0) is 0 Å². The molecule has 8 nitrogen and oxygen atoms in total. The molecule has 0 aliphatic heterocycles. The SMILES string of the molecule is O=CNC(COCCC(=O)O)COCCC(=O)O. The van der Waals surface area contributed by atoms with Gasteiger partial charge in [-0.15, -0.1) is 0 Å². The Kier molecular flexibility index (Phi) is 9.51. The number of carbonyl (C=O) groups is 3. The minimum atomic E-state index is -0.965. The summed E-state index contributed by atoms with van der Waals surface area (Å²) in [5.41, 5.74) is 0. The Bertz CT molecular complexity index is 247. The molecule has 0 aromatic carbocycles. The minimum absolute atomic E-state index is 0.0432. The molecule has 0 aliphatic rings. The van der Waals surface area contributed by atoms with Crippen molar-refractivity contribution in [3.63, 3.8) is 0 Å². The molecule has 104 valence electrons. The van der Waals surface area contributed by atoms with E-state index in [1.807, 2.05) is 0 Å². The largest absolute Gasteiger partial charge is 0.481 e. The zero-order valence-corrected chi connectivity index (χ0v) is 9.83. The van der Waals surface area contributed by atoms with Crippen molar-refractivity contribution in [1.82, 2.24) is 5.32 Å². The van der Waals surface area contributed by atoms with E-state index >= 15 is 0 Å². The maximum absolute atomic E-state index is 10.3. The van der Waals surface area contributed by atoms with E-state index in [2.05, 4.69) is 5.32 Å². The molecule has 0 unspecified atom stereocenters. The molecule has 1 amide bonds.